The predicted octanol–water partition coefficient (Wildman–Crippen LogP) is 1.34. The second kappa shape index (κ2) is 7.41. The third-order valence-electron chi connectivity index (χ3n) is 2.35. The van der Waals surface area contributed by atoms with Crippen LogP contribution in [0.3, 0.4) is 0 Å². The summed E-state index contributed by atoms with van der Waals surface area (Å²) in [5.74, 6) is 2.28. The van der Waals surface area contributed by atoms with Crippen LogP contribution < -0.4 is 10.5 Å². The number of benzene rings is 1. The van der Waals surface area contributed by atoms with E-state index in [2.05, 4.69) is 0 Å². The van der Waals surface area contributed by atoms with E-state index in [1.807, 2.05) is 24.3 Å². The molecule has 4 heteroatoms. The topological polar surface area (TPSA) is 52.3 Å². The van der Waals surface area contributed by atoms with Gasteiger partial charge < -0.3 is 10.5 Å². The molecule has 0 saturated carbocycles. The van der Waals surface area contributed by atoms with E-state index in [4.69, 9.17) is 10.5 Å². The molecule has 0 aromatic heterocycles. The molecule has 0 aliphatic carbocycles. The van der Waals surface area contributed by atoms with Crippen molar-refractivity contribution in [3.63, 3.8) is 0 Å². The number of hydrogen-bond donors (Lipinski definition) is 1. The maximum Gasteiger partial charge on any atom is 0.118 e. The zero-order valence-electron chi connectivity index (χ0n) is 9.65. The van der Waals surface area contributed by atoms with Crippen molar-refractivity contribution in [2.24, 2.45) is 5.73 Å². The molecule has 1 atom stereocenters. The molecular weight excluding hydrogens is 222 g/mol. The summed E-state index contributed by atoms with van der Waals surface area (Å²) in [6, 6.07) is 7.88. The van der Waals surface area contributed by atoms with Crippen LogP contribution >= 0.6 is 0 Å². The summed E-state index contributed by atoms with van der Waals surface area (Å²) in [4.78, 5) is 0. The standard InChI is InChI=1S/C12H19NO2S/c1-15-12-5-3-11(4-6-12)7-10-16(14)9-2-8-13/h3-6H,2,7-10,13H2,1H3. The maximum absolute atomic E-state index is 11.5. The van der Waals surface area contributed by atoms with Gasteiger partial charge in [-0.25, -0.2) is 0 Å². The van der Waals surface area contributed by atoms with Gasteiger partial charge in [-0.1, -0.05) is 12.1 Å². The Bertz CT molecular complexity index is 324. The van der Waals surface area contributed by atoms with Gasteiger partial charge in [0, 0.05) is 22.3 Å². The lowest BCUT2D eigenvalue weighted by atomic mass is 10.2. The van der Waals surface area contributed by atoms with Crippen molar-refractivity contribution in [1.82, 2.24) is 0 Å². The highest BCUT2D eigenvalue weighted by Gasteiger charge is 2.00. The summed E-state index contributed by atoms with van der Waals surface area (Å²) in [5.41, 5.74) is 6.56. The zero-order valence-corrected chi connectivity index (χ0v) is 10.5. The Kier molecular flexibility index (Phi) is 6.11. The summed E-state index contributed by atoms with van der Waals surface area (Å²) in [6.45, 7) is 0.619. The molecule has 0 heterocycles. The van der Waals surface area contributed by atoms with Gasteiger partial charge in [-0.15, -0.1) is 0 Å². The molecule has 3 nitrogen and oxygen atoms in total. The van der Waals surface area contributed by atoms with Gasteiger partial charge in [0.2, 0.25) is 0 Å². The first-order valence-corrected chi connectivity index (χ1v) is 6.93. The number of methoxy groups -OCH3 is 1. The number of hydrogen-bond acceptors (Lipinski definition) is 3. The van der Waals surface area contributed by atoms with Crippen molar-refractivity contribution >= 4 is 10.8 Å². The second-order valence-corrected chi connectivity index (χ2v) is 5.28. The summed E-state index contributed by atoms with van der Waals surface area (Å²) in [7, 11) is 0.911. The molecule has 0 bridgehead atoms. The Morgan fingerprint density at radius 2 is 1.94 bits per heavy atom. The Morgan fingerprint density at radius 3 is 2.50 bits per heavy atom. The van der Waals surface area contributed by atoms with E-state index in [9.17, 15) is 4.21 Å². The molecule has 1 aromatic rings. The highest BCUT2D eigenvalue weighted by molar-refractivity contribution is 7.84. The van der Waals surface area contributed by atoms with Crippen LogP contribution in [0.15, 0.2) is 24.3 Å². The molecule has 0 aliphatic heterocycles. The van der Waals surface area contributed by atoms with E-state index in [1.54, 1.807) is 7.11 Å². The van der Waals surface area contributed by atoms with E-state index >= 15 is 0 Å². The van der Waals surface area contributed by atoms with E-state index in [1.165, 1.54) is 5.56 Å². The van der Waals surface area contributed by atoms with Crippen molar-refractivity contribution in [2.75, 3.05) is 25.2 Å². The lowest BCUT2D eigenvalue weighted by molar-refractivity contribution is 0.414. The first-order valence-electron chi connectivity index (χ1n) is 5.44. The summed E-state index contributed by atoms with van der Waals surface area (Å²) in [6.07, 6.45) is 1.69. The molecule has 1 rings (SSSR count). The first-order chi connectivity index (χ1) is 7.76. The highest BCUT2D eigenvalue weighted by atomic mass is 32.2. The van der Waals surface area contributed by atoms with Crippen LogP contribution in [0.2, 0.25) is 0 Å². The quantitative estimate of drug-likeness (QED) is 0.783. The lowest BCUT2D eigenvalue weighted by Gasteiger charge is -2.03. The van der Waals surface area contributed by atoms with E-state index in [0.29, 0.717) is 18.1 Å². The fourth-order valence-corrected chi connectivity index (χ4v) is 2.53. The molecule has 0 saturated heterocycles. The molecule has 0 amide bonds. The molecule has 2 N–H and O–H groups in total. The second-order valence-electron chi connectivity index (χ2n) is 3.59. The van der Waals surface area contributed by atoms with Crippen molar-refractivity contribution < 1.29 is 8.95 Å². The number of ether oxygens (including phenoxy) is 1. The third-order valence-corrected chi connectivity index (χ3v) is 3.76. The van der Waals surface area contributed by atoms with Crippen LogP contribution in [0.5, 0.6) is 5.75 Å². The van der Waals surface area contributed by atoms with Crippen LogP contribution in [0, 0.1) is 0 Å². The first kappa shape index (κ1) is 13.2. The minimum Gasteiger partial charge on any atom is -0.497 e. The molecule has 0 spiro atoms. The smallest absolute Gasteiger partial charge is 0.118 e. The molecule has 16 heavy (non-hydrogen) atoms. The Morgan fingerprint density at radius 1 is 1.25 bits per heavy atom. The normalized spacial score (nSPS) is 12.4. The minimum atomic E-state index is -0.739. The van der Waals surface area contributed by atoms with Crippen LogP contribution in [0.25, 0.3) is 0 Å². The van der Waals surface area contributed by atoms with Gasteiger partial charge in [-0.3, -0.25) is 4.21 Å². The van der Waals surface area contributed by atoms with E-state index < -0.39 is 10.8 Å². The molecule has 0 aliphatic rings. The largest absolute Gasteiger partial charge is 0.497 e. The van der Waals surface area contributed by atoms with Gasteiger partial charge in [0.05, 0.1) is 7.11 Å². The van der Waals surface area contributed by atoms with Crippen molar-refractivity contribution in [3.05, 3.63) is 29.8 Å². The zero-order chi connectivity index (χ0) is 11.8. The van der Waals surface area contributed by atoms with Gasteiger partial charge in [-0.05, 0) is 37.1 Å². The number of aryl methyl sites for hydroxylation is 1. The van der Waals surface area contributed by atoms with Gasteiger partial charge in [0.25, 0.3) is 0 Å². The Labute approximate surface area is 99.4 Å². The average Bonchev–Trinajstić information content (AvgIpc) is 2.34. The van der Waals surface area contributed by atoms with E-state index in [0.717, 1.165) is 18.6 Å². The van der Waals surface area contributed by atoms with Crippen LogP contribution in [0.1, 0.15) is 12.0 Å². The summed E-state index contributed by atoms with van der Waals surface area (Å²) in [5, 5.41) is 0. The number of rotatable bonds is 7. The Balaban J connectivity index is 2.33. The fourth-order valence-electron chi connectivity index (χ4n) is 1.37. The predicted molar refractivity (Wildman–Crippen MR) is 68.2 cm³/mol. The van der Waals surface area contributed by atoms with Crippen molar-refractivity contribution in [1.29, 1.82) is 0 Å². The monoisotopic (exact) mass is 241 g/mol. The van der Waals surface area contributed by atoms with Gasteiger partial charge >= 0.3 is 0 Å². The summed E-state index contributed by atoms with van der Waals surface area (Å²) >= 11 is 0. The molecule has 0 radical (unpaired) electrons. The summed E-state index contributed by atoms with van der Waals surface area (Å²) < 4.78 is 16.6. The molecule has 90 valence electrons. The van der Waals surface area contributed by atoms with Gasteiger partial charge in [0.1, 0.15) is 5.75 Å². The van der Waals surface area contributed by atoms with Gasteiger partial charge in [0.15, 0.2) is 0 Å². The van der Waals surface area contributed by atoms with E-state index in [-0.39, 0.29) is 0 Å². The molecule has 1 aromatic carbocycles. The number of nitrogens with two attached hydrogens (primary N) is 1. The molecule has 0 fully saturated rings. The van der Waals surface area contributed by atoms with Crippen molar-refractivity contribution in [3.8, 4) is 5.75 Å². The van der Waals surface area contributed by atoms with Crippen LogP contribution in [-0.4, -0.2) is 29.4 Å². The molecular formula is C12H19NO2S. The van der Waals surface area contributed by atoms with Gasteiger partial charge in [-0.2, -0.15) is 0 Å². The van der Waals surface area contributed by atoms with Crippen molar-refractivity contribution in [2.45, 2.75) is 12.8 Å². The third kappa shape index (κ3) is 4.77. The molecule has 1 unspecified atom stereocenters. The highest BCUT2D eigenvalue weighted by Crippen LogP contribution is 2.11. The Hall–Kier alpha value is -0.870. The van der Waals surface area contributed by atoms with Crippen LogP contribution in [0.4, 0.5) is 0 Å². The van der Waals surface area contributed by atoms with Crippen LogP contribution in [-0.2, 0) is 17.2 Å². The minimum absolute atomic E-state index is 0.619. The average molecular weight is 241 g/mol. The SMILES string of the molecule is COc1ccc(CCS(=O)CCCN)cc1. The lowest BCUT2D eigenvalue weighted by Crippen LogP contribution is -2.09. The maximum atomic E-state index is 11.5. The fraction of sp³-hybridized carbons (Fsp3) is 0.500.